The van der Waals surface area contributed by atoms with Crippen LogP contribution in [0.5, 0.6) is 0 Å². The lowest BCUT2D eigenvalue weighted by atomic mass is 9.95. The second-order valence-electron chi connectivity index (χ2n) is 12.4. The van der Waals surface area contributed by atoms with E-state index in [0.29, 0.717) is 6.54 Å². The monoisotopic (exact) mass is 684 g/mol. The normalized spacial score (nSPS) is 16.6. The molecular formula is C50H56N2. The third-order valence-corrected chi connectivity index (χ3v) is 8.43. The van der Waals surface area contributed by atoms with Crippen LogP contribution in [-0.2, 0) is 0 Å². The second kappa shape index (κ2) is 24.3. The number of hydrogen-bond acceptors (Lipinski definition) is 2. The van der Waals surface area contributed by atoms with Gasteiger partial charge in [0.15, 0.2) is 0 Å². The van der Waals surface area contributed by atoms with Crippen molar-refractivity contribution in [1.82, 2.24) is 9.80 Å². The standard InChI is InChI=1S/C50H56N2/c1-7-9-11-21-39-51(40-23-19-29-47-25-15-13-16-26-47)46(6)34-33-44(4)43(3)31-32-45(5)49-35-37-50(38-36-49)52(41-22-12-10-8-2)42-24-20-30-48-27-17-14-18-28-48/h7-25,27-35,37,39,42H,1,4,6,26,36,38,40-41H2,2-3,5H3/b10-8-,11-9-,22-12-,23-19-,30-20-,34-33-,39-21+,42-24+,43-31+,45-32+,47-29-. The molecule has 1 aromatic carbocycles. The lowest BCUT2D eigenvalue weighted by Gasteiger charge is -2.25. The van der Waals surface area contributed by atoms with Crippen LogP contribution < -0.4 is 0 Å². The summed E-state index contributed by atoms with van der Waals surface area (Å²) in [4.78, 5) is 4.44. The molecular weight excluding hydrogens is 629 g/mol. The summed E-state index contributed by atoms with van der Waals surface area (Å²) in [6.45, 7) is 20.3. The molecule has 0 atom stereocenters. The van der Waals surface area contributed by atoms with Gasteiger partial charge in [-0.2, -0.15) is 0 Å². The van der Waals surface area contributed by atoms with Gasteiger partial charge in [0.1, 0.15) is 0 Å². The van der Waals surface area contributed by atoms with Crippen LogP contribution in [0.2, 0.25) is 0 Å². The summed E-state index contributed by atoms with van der Waals surface area (Å²) in [5, 5.41) is 0. The first-order valence-corrected chi connectivity index (χ1v) is 18.1. The van der Waals surface area contributed by atoms with E-state index in [9.17, 15) is 0 Å². The van der Waals surface area contributed by atoms with Gasteiger partial charge >= 0.3 is 0 Å². The number of nitrogens with zero attached hydrogens (tertiary/aromatic N) is 2. The van der Waals surface area contributed by atoms with Gasteiger partial charge in [0.05, 0.1) is 0 Å². The lowest BCUT2D eigenvalue weighted by molar-refractivity contribution is 0.488. The zero-order chi connectivity index (χ0) is 37.2. The Hall–Kier alpha value is -5.86. The molecule has 0 aromatic heterocycles. The molecule has 0 spiro atoms. The van der Waals surface area contributed by atoms with Gasteiger partial charge in [-0.25, -0.2) is 0 Å². The van der Waals surface area contributed by atoms with E-state index >= 15 is 0 Å². The summed E-state index contributed by atoms with van der Waals surface area (Å²) >= 11 is 0. The molecule has 0 aliphatic heterocycles. The maximum atomic E-state index is 4.34. The molecule has 0 N–H and O–H groups in total. The largest absolute Gasteiger partial charge is 0.348 e. The summed E-state index contributed by atoms with van der Waals surface area (Å²) in [5.41, 5.74) is 9.36. The van der Waals surface area contributed by atoms with Crippen LogP contribution in [0.15, 0.2) is 241 Å². The van der Waals surface area contributed by atoms with E-state index in [0.717, 1.165) is 42.7 Å². The van der Waals surface area contributed by atoms with E-state index < -0.39 is 0 Å². The minimum absolute atomic E-state index is 0.700. The van der Waals surface area contributed by atoms with E-state index in [-0.39, 0.29) is 0 Å². The Labute approximate surface area is 315 Å². The van der Waals surface area contributed by atoms with E-state index in [1.54, 1.807) is 6.08 Å². The smallest absolute Gasteiger partial charge is 0.0408 e. The van der Waals surface area contributed by atoms with Crippen LogP contribution >= 0.6 is 0 Å². The number of allylic oxidation sites excluding steroid dienone is 27. The Morgan fingerprint density at radius 2 is 1.60 bits per heavy atom. The molecule has 0 fully saturated rings. The highest BCUT2D eigenvalue weighted by Crippen LogP contribution is 2.27. The van der Waals surface area contributed by atoms with Crippen LogP contribution in [0.3, 0.4) is 0 Å². The fourth-order valence-corrected chi connectivity index (χ4v) is 5.19. The van der Waals surface area contributed by atoms with Crippen molar-refractivity contribution < 1.29 is 0 Å². The molecule has 1 aromatic rings. The average molecular weight is 685 g/mol. The Morgan fingerprint density at radius 3 is 2.33 bits per heavy atom. The van der Waals surface area contributed by atoms with Gasteiger partial charge in [0, 0.05) is 36.9 Å². The van der Waals surface area contributed by atoms with Crippen molar-refractivity contribution in [3.63, 3.8) is 0 Å². The zero-order valence-corrected chi connectivity index (χ0v) is 31.4. The van der Waals surface area contributed by atoms with Crippen LogP contribution in [0.25, 0.3) is 6.08 Å². The second-order valence-corrected chi connectivity index (χ2v) is 12.4. The maximum Gasteiger partial charge on any atom is 0.0408 e. The molecule has 0 saturated heterocycles. The molecule has 2 aliphatic rings. The van der Waals surface area contributed by atoms with E-state index in [4.69, 9.17) is 0 Å². The summed E-state index contributed by atoms with van der Waals surface area (Å²) in [7, 11) is 0. The van der Waals surface area contributed by atoms with Crippen LogP contribution in [0.4, 0.5) is 0 Å². The lowest BCUT2D eigenvalue weighted by Crippen LogP contribution is -2.18. The van der Waals surface area contributed by atoms with Gasteiger partial charge in [0.25, 0.3) is 0 Å². The molecule has 0 bridgehead atoms. The third kappa shape index (κ3) is 15.8. The maximum absolute atomic E-state index is 4.34. The summed E-state index contributed by atoms with van der Waals surface area (Å²) in [6.07, 6.45) is 57.4. The molecule has 3 rings (SSSR count). The van der Waals surface area contributed by atoms with Crippen molar-refractivity contribution in [1.29, 1.82) is 0 Å². The molecule has 0 amide bonds. The highest BCUT2D eigenvalue weighted by atomic mass is 15.1. The number of benzene rings is 1. The fraction of sp³-hybridized carbons (Fsp3) is 0.160. The van der Waals surface area contributed by atoms with Gasteiger partial charge < -0.3 is 9.80 Å². The van der Waals surface area contributed by atoms with Crippen LogP contribution in [-0.4, -0.2) is 22.9 Å². The molecule has 2 nitrogen and oxygen atoms in total. The molecule has 0 unspecified atom stereocenters. The highest BCUT2D eigenvalue weighted by Gasteiger charge is 2.12. The van der Waals surface area contributed by atoms with E-state index in [1.165, 1.54) is 28.0 Å². The Balaban J connectivity index is 1.65. The molecule has 266 valence electrons. The summed E-state index contributed by atoms with van der Waals surface area (Å²) < 4.78 is 0. The third-order valence-electron chi connectivity index (χ3n) is 8.43. The van der Waals surface area contributed by atoms with Crippen molar-refractivity contribution in [2.75, 3.05) is 13.1 Å². The van der Waals surface area contributed by atoms with Crippen molar-refractivity contribution in [3.05, 3.63) is 247 Å². The van der Waals surface area contributed by atoms with Gasteiger partial charge in [-0.3, -0.25) is 0 Å². The predicted molar refractivity (Wildman–Crippen MR) is 231 cm³/mol. The van der Waals surface area contributed by atoms with Gasteiger partial charge in [-0.05, 0) is 97.8 Å². The van der Waals surface area contributed by atoms with Gasteiger partial charge in [-0.15, -0.1) is 0 Å². The summed E-state index contributed by atoms with van der Waals surface area (Å²) in [6, 6.07) is 10.4. The van der Waals surface area contributed by atoms with Crippen LogP contribution in [0, 0.1) is 0 Å². The molecule has 0 radical (unpaired) electrons. The molecule has 2 aliphatic carbocycles. The minimum atomic E-state index is 0.700. The Kier molecular flexibility index (Phi) is 19.0. The highest BCUT2D eigenvalue weighted by molar-refractivity contribution is 5.50. The number of hydrogen-bond donors (Lipinski definition) is 0. The molecule has 0 heterocycles. The average Bonchev–Trinajstić information content (AvgIpc) is 3.18. The fourth-order valence-electron chi connectivity index (χ4n) is 5.19. The van der Waals surface area contributed by atoms with Gasteiger partial charge in [-0.1, -0.05) is 172 Å². The zero-order valence-electron chi connectivity index (χ0n) is 31.4. The van der Waals surface area contributed by atoms with Gasteiger partial charge in [0.2, 0.25) is 0 Å². The Morgan fingerprint density at radius 1 is 0.788 bits per heavy atom. The topological polar surface area (TPSA) is 6.48 Å². The van der Waals surface area contributed by atoms with Crippen molar-refractivity contribution in [3.8, 4) is 0 Å². The molecule has 52 heavy (non-hydrogen) atoms. The van der Waals surface area contributed by atoms with Crippen molar-refractivity contribution in [2.24, 2.45) is 0 Å². The minimum Gasteiger partial charge on any atom is -0.348 e. The quantitative estimate of drug-likeness (QED) is 0.134. The first kappa shape index (κ1) is 40.6. The number of rotatable bonds is 19. The van der Waals surface area contributed by atoms with Crippen molar-refractivity contribution >= 4 is 6.08 Å². The molecule has 2 heteroatoms. The van der Waals surface area contributed by atoms with Crippen LogP contribution in [0.1, 0.15) is 45.6 Å². The first-order valence-electron chi connectivity index (χ1n) is 18.1. The predicted octanol–water partition coefficient (Wildman–Crippen LogP) is 13.3. The SMILES string of the molecule is C=C/C=C\C=C\N(C/C=C\C=C1\C=CC=CC1)C(=C)/C=C\C(=C)/C(C)=C/C=C(\C)C1=CC=C(N(/C=C/C=C\c2ccccc2)C/C=C\C=C/C)CC1. The van der Waals surface area contributed by atoms with E-state index in [2.05, 4.69) is 177 Å². The van der Waals surface area contributed by atoms with Crippen molar-refractivity contribution in [2.45, 2.75) is 40.0 Å². The first-order chi connectivity index (χ1) is 25.4. The summed E-state index contributed by atoms with van der Waals surface area (Å²) in [5.74, 6) is 0. The molecule has 0 saturated carbocycles. The Bertz CT molecular complexity index is 1810. The van der Waals surface area contributed by atoms with E-state index in [1.807, 2.05) is 55.6 Å².